The van der Waals surface area contributed by atoms with Crippen molar-refractivity contribution in [3.05, 3.63) is 71.8 Å². The van der Waals surface area contributed by atoms with E-state index in [1.807, 2.05) is 60.7 Å². The van der Waals surface area contributed by atoms with E-state index in [0.29, 0.717) is 19.5 Å². The van der Waals surface area contributed by atoms with Crippen LogP contribution >= 0.6 is 0 Å². The zero-order valence-electron chi connectivity index (χ0n) is 13.8. The number of carbonyl (C=O) groups excluding carboxylic acids is 2. The number of carbonyl (C=O) groups is 2. The van der Waals surface area contributed by atoms with Gasteiger partial charge in [-0.25, -0.2) is 4.79 Å². The number of fused-ring (bicyclic) bond motifs is 1. The highest BCUT2D eigenvalue weighted by Gasteiger charge is 2.59. The topological polar surface area (TPSA) is 72.6 Å². The number of cyclic esters (lactones) is 1. The zero-order chi connectivity index (χ0) is 17.4. The van der Waals surface area contributed by atoms with Crippen LogP contribution < -0.4 is 5.73 Å². The average Bonchev–Trinajstić information content (AvgIpc) is 2.96. The molecule has 2 amide bonds. The van der Waals surface area contributed by atoms with Crippen LogP contribution in [-0.2, 0) is 15.1 Å². The summed E-state index contributed by atoms with van der Waals surface area (Å²) in [7, 11) is 0. The molecule has 0 spiro atoms. The minimum atomic E-state index is -0.890. The molecule has 0 radical (unpaired) electrons. The van der Waals surface area contributed by atoms with E-state index in [1.165, 1.54) is 0 Å². The Hall–Kier alpha value is -2.82. The number of likely N-dealkylation sites (tertiary alicyclic amines) is 1. The van der Waals surface area contributed by atoms with Gasteiger partial charge >= 0.3 is 12.0 Å². The number of nitrogens with zero attached hydrogens (tertiary/aromatic N) is 1. The third kappa shape index (κ3) is 2.38. The minimum absolute atomic E-state index is 0.161. The highest BCUT2D eigenvalue weighted by Crippen LogP contribution is 2.52. The molecule has 2 aliphatic heterocycles. The number of rotatable bonds is 2. The van der Waals surface area contributed by atoms with Gasteiger partial charge in [0, 0.05) is 30.1 Å². The lowest BCUT2D eigenvalue weighted by molar-refractivity contribution is -0.149. The van der Waals surface area contributed by atoms with Crippen molar-refractivity contribution >= 4 is 12.0 Å². The number of ether oxygens (including phenoxy) is 1. The molecule has 0 aliphatic carbocycles. The first kappa shape index (κ1) is 15.7. The van der Waals surface area contributed by atoms with Crippen LogP contribution in [0.4, 0.5) is 4.79 Å². The van der Waals surface area contributed by atoms with Gasteiger partial charge in [0.15, 0.2) is 5.60 Å². The molecule has 128 valence electrons. The second-order valence-electron chi connectivity index (χ2n) is 6.67. The molecular formula is C20H20N2O3. The molecule has 2 unspecified atom stereocenters. The van der Waals surface area contributed by atoms with Crippen LogP contribution in [0.3, 0.4) is 0 Å². The molecule has 2 fully saturated rings. The summed E-state index contributed by atoms with van der Waals surface area (Å²) in [5.41, 5.74) is 6.47. The molecule has 2 atom stereocenters. The summed E-state index contributed by atoms with van der Waals surface area (Å²) in [6, 6.07) is 19.1. The van der Waals surface area contributed by atoms with Crippen molar-refractivity contribution < 1.29 is 14.3 Å². The van der Waals surface area contributed by atoms with Crippen LogP contribution in [0.1, 0.15) is 17.5 Å². The Morgan fingerprint density at radius 2 is 1.60 bits per heavy atom. The normalized spacial score (nSPS) is 24.5. The predicted molar refractivity (Wildman–Crippen MR) is 92.5 cm³/mol. The average molecular weight is 336 g/mol. The van der Waals surface area contributed by atoms with Gasteiger partial charge in [0.2, 0.25) is 0 Å². The van der Waals surface area contributed by atoms with Gasteiger partial charge in [-0.3, -0.25) is 4.79 Å². The molecule has 0 bridgehead atoms. The summed E-state index contributed by atoms with van der Waals surface area (Å²) in [6.07, 6.45) is 0.577. The smallest absolute Gasteiger partial charge is 0.314 e. The number of nitrogens with two attached hydrogens (primary N) is 1. The number of urea groups is 1. The Morgan fingerprint density at radius 1 is 1.04 bits per heavy atom. The summed E-state index contributed by atoms with van der Waals surface area (Å²) in [5, 5.41) is 0. The van der Waals surface area contributed by atoms with E-state index in [2.05, 4.69) is 0 Å². The van der Waals surface area contributed by atoms with Gasteiger partial charge in [-0.05, 0) is 6.42 Å². The van der Waals surface area contributed by atoms with Gasteiger partial charge in [-0.2, -0.15) is 0 Å². The SMILES string of the molecule is NC(=O)N1CCC2C(=O)OC(c3ccccc3)(c3ccccc3)C2C1. The van der Waals surface area contributed by atoms with Crippen molar-refractivity contribution in [3.63, 3.8) is 0 Å². The molecule has 2 aromatic rings. The molecule has 25 heavy (non-hydrogen) atoms. The lowest BCUT2D eigenvalue weighted by atomic mass is 9.70. The number of piperidine rings is 1. The first-order valence-electron chi connectivity index (χ1n) is 8.51. The van der Waals surface area contributed by atoms with Gasteiger partial charge in [-0.15, -0.1) is 0 Å². The van der Waals surface area contributed by atoms with Crippen molar-refractivity contribution in [2.45, 2.75) is 12.0 Å². The summed E-state index contributed by atoms with van der Waals surface area (Å²) < 4.78 is 6.08. The molecule has 2 N–H and O–H groups in total. The summed E-state index contributed by atoms with van der Waals surface area (Å²) in [5.74, 6) is -0.580. The summed E-state index contributed by atoms with van der Waals surface area (Å²) in [4.78, 5) is 26.0. The molecule has 0 aromatic heterocycles. The Morgan fingerprint density at radius 3 is 2.12 bits per heavy atom. The van der Waals surface area contributed by atoms with Crippen LogP contribution in [-0.4, -0.2) is 30.0 Å². The highest BCUT2D eigenvalue weighted by molar-refractivity contribution is 5.79. The number of esters is 1. The quantitative estimate of drug-likeness (QED) is 0.857. The Labute approximate surface area is 146 Å². The Bertz CT molecular complexity index is 752. The van der Waals surface area contributed by atoms with Crippen LogP contribution in [0.5, 0.6) is 0 Å². The lowest BCUT2D eigenvalue weighted by Crippen LogP contribution is -2.50. The van der Waals surface area contributed by atoms with E-state index < -0.39 is 11.6 Å². The van der Waals surface area contributed by atoms with Crippen molar-refractivity contribution in [1.82, 2.24) is 4.90 Å². The van der Waals surface area contributed by atoms with E-state index in [9.17, 15) is 9.59 Å². The third-order valence-corrected chi connectivity index (χ3v) is 5.42. The number of primary amides is 1. The van der Waals surface area contributed by atoms with E-state index in [4.69, 9.17) is 10.5 Å². The zero-order valence-corrected chi connectivity index (χ0v) is 13.8. The van der Waals surface area contributed by atoms with Crippen LogP contribution in [0, 0.1) is 11.8 Å². The van der Waals surface area contributed by atoms with E-state index in [0.717, 1.165) is 11.1 Å². The monoisotopic (exact) mass is 336 g/mol. The second kappa shape index (κ2) is 5.92. The first-order valence-corrected chi connectivity index (χ1v) is 8.51. The van der Waals surface area contributed by atoms with Crippen molar-refractivity contribution in [1.29, 1.82) is 0 Å². The molecule has 2 saturated heterocycles. The maximum absolute atomic E-state index is 12.7. The van der Waals surface area contributed by atoms with E-state index in [-0.39, 0.29) is 17.8 Å². The standard InChI is InChI=1S/C20H20N2O3/c21-19(24)22-12-11-16-17(13-22)20(25-18(16)23,14-7-3-1-4-8-14)15-9-5-2-6-10-15/h1-10,16-17H,11-13H2,(H2,21,24). The molecule has 5 nitrogen and oxygen atoms in total. The highest BCUT2D eigenvalue weighted by atomic mass is 16.6. The van der Waals surface area contributed by atoms with Gasteiger partial charge in [0.1, 0.15) is 0 Å². The van der Waals surface area contributed by atoms with E-state index in [1.54, 1.807) is 4.90 Å². The van der Waals surface area contributed by atoms with Crippen LogP contribution in [0.25, 0.3) is 0 Å². The fourth-order valence-corrected chi connectivity index (χ4v) is 4.24. The molecule has 2 aromatic carbocycles. The Balaban J connectivity index is 1.88. The van der Waals surface area contributed by atoms with Crippen LogP contribution in [0.2, 0.25) is 0 Å². The molecule has 0 saturated carbocycles. The number of benzene rings is 2. The van der Waals surface area contributed by atoms with Gasteiger partial charge < -0.3 is 15.4 Å². The minimum Gasteiger partial charge on any atom is -0.449 e. The predicted octanol–water partition coefficient (Wildman–Crippen LogP) is 2.50. The number of hydrogen-bond donors (Lipinski definition) is 1. The van der Waals surface area contributed by atoms with E-state index >= 15 is 0 Å². The maximum Gasteiger partial charge on any atom is 0.314 e. The fraction of sp³-hybridized carbons (Fsp3) is 0.300. The maximum atomic E-state index is 12.7. The second-order valence-corrected chi connectivity index (χ2v) is 6.67. The summed E-state index contributed by atoms with van der Waals surface area (Å²) >= 11 is 0. The first-order chi connectivity index (χ1) is 12.1. The van der Waals surface area contributed by atoms with Gasteiger partial charge in [0.05, 0.1) is 5.92 Å². The fourth-order valence-electron chi connectivity index (χ4n) is 4.24. The van der Waals surface area contributed by atoms with Crippen molar-refractivity contribution in [3.8, 4) is 0 Å². The molecule has 2 heterocycles. The van der Waals surface area contributed by atoms with Crippen molar-refractivity contribution in [2.75, 3.05) is 13.1 Å². The molecular weight excluding hydrogens is 316 g/mol. The Kier molecular flexibility index (Phi) is 3.71. The number of hydrogen-bond acceptors (Lipinski definition) is 3. The molecule has 5 heteroatoms. The van der Waals surface area contributed by atoms with Gasteiger partial charge in [-0.1, -0.05) is 60.7 Å². The van der Waals surface area contributed by atoms with Crippen LogP contribution in [0.15, 0.2) is 60.7 Å². The third-order valence-electron chi connectivity index (χ3n) is 5.42. The lowest BCUT2D eigenvalue weighted by Gasteiger charge is -2.40. The number of amides is 2. The van der Waals surface area contributed by atoms with Crippen molar-refractivity contribution in [2.24, 2.45) is 17.6 Å². The molecule has 2 aliphatic rings. The summed E-state index contributed by atoms with van der Waals surface area (Å²) in [6.45, 7) is 0.904. The van der Waals surface area contributed by atoms with Gasteiger partial charge in [0.25, 0.3) is 0 Å². The molecule has 4 rings (SSSR count). The largest absolute Gasteiger partial charge is 0.449 e.